The third-order valence-corrected chi connectivity index (χ3v) is 3.15. The topological polar surface area (TPSA) is 75.6 Å². The second-order valence-corrected chi connectivity index (χ2v) is 4.62. The highest BCUT2D eigenvalue weighted by atomic mass is 16.5. The molecule has 0 unspecified atom stereocenters. The highest BCUT2D eigenvalue weighted by Crippen LogP contribution is 2.09. The lowest BCUT2D eigenvalue weighted by molar-refractivity contribution is -0.132. The molecule has 1 amide bonds. The number of piperazine rings is 1. The molecule has 100 valence electrons. The van der Waals surface area contributed by atoms with Gasteiger partial charge < -0.3 is 15.2 Å². The first kappa shape index (κ1) is 13.0. The molecule has 0 saturated carbocycles. The number of hydrogen-bond donors (Lipinski definition) is 1. The summed E-state index contributed by atoms with van der Waals surface area (Å²) in [6.07, 6.45) is 0.447. The second kappa shape index (κ2) is 5.97. The molecular formula is C12H20N4O2. The van der Waals surface area contributed by atoms with Crippen LogP contribution in [0.4, 0.5) is 0 Å². The van der Waals surface area contributed by atoms with Crippen molar-refractivity contribution in [1.29, 1.82) is 0 Å². The van der Waals surface area contributed by atoms with E-state index in [4.69, 9.17) is 10.3 Å². The molecule has 1 aromatic heterocycles. The van der Waals surface area contributed by atoms with Crippen LogP contribution >= 0.6 is 0 Å². The van der Waals surface area contributed by atoms with E-state index in [1.54, 1.807) is 0 Å². The predicted octanol–water partition coefficient (Wildman–Crippen LogP) is -0.0240. The van der Waals surface area contributed by atoms with Crippen LogP contribution in [0.1, 0.15) is 17.9 Å². The summed E-state index contributed by atoms with van der Waals surface area (Å²) < 4.78 is 5.04. The normalized spacial score (nSPS) is 17.1. The molecule has 18 heavy (non-hydrogen) atoms. The molecule has 0 aromatic carbocycles. The van der Waals surface area contributed by atoms with E-state index < -0.39 is 0 Å². The fourth-order valence-corrected chi connectivity index (χ4v) is 2.16. The Kier molecular flexibility index (Phi) is 4.33. The van der Waals surface area contributed by atoms with Gasteiger partial charge in [0.15, 0.2) is 0 Å². The Balaban J connectivity index is 1.78. The lowest BCUT2D eigenvalue weighted by Gasteiger charge is -2.34. The molecule has 1 aromatic rings. The minimum atomic E-state index is 0.162. The van der Waals surface area contributed by atoms with Crippen LogP contribution in [0.2, 0.25) is 0 Å². The summed E-state index contributed by atoms with van der Waals surface area (Å²) in [6, 6.07) is 1.95. The van der Waals surface area contributed by atoms with Crippen molar-refractivity contribution in [3.63, 3.8) is 0 Å². The Morgan fingerprint density at radius 1 is 1.44 bits per heavy atom. The fourth-order valence-electron chi connectivity index (χ4n) is 2.16. The van der Waals surface area contributed by atoms with Gasteiger partial charge >= 0.3 is 0 Å². The molecule has 2 heterocycles. The number of aromatic nitrogens is 1. The zero-order valence-electron chi connectivity index (χ0n) is 10.8. The third-order valence-electron chi connectivity index (χ3n) is 3.15. The maximum absolute atomic E-state index is 11.7. The van der Waals surface area contributed by atoms with Crippen molar-refractivity contribution in [1.82, 2.24) is 15.0 Å². The Morgan fingerprint density at radius 3 is 2.72 bits per heavy atom. The molecule has 2 N–H and O–H groups in total. The van der Waals surface area contributed by atoms with Crippen LogP contribution < -0.4 is 5.73 Å². The minimum Gasteiger partial charge on any atom is -0.361 e. The Bertz CT molecular complexity index is 397. The van der Waals surface area contributed by atoms with E-state index in [0.29, 0.717) is 13.0 Å². The van der Waals surface area contributed by atoms with E-state index in [2.05, 4.69) is 10.1 Å². The van der Waals surface area contributed by atoms with Crippen LogP contribution in [-0.2, 0) is 11.3 Å². The van der Waals surface area contributed by atoms with Gasteiger partial charge in [-0.3, -0.25) is 9.69 Å². The number of rotatable bonds is 4. The number of amides is 1. The van der Waals surface area contributed by atoms with Crippen LogP contribution in [0.3, 0.4) is 0 Å². The van der Waals surface area contributed by atoms with Crippen LogP contribution in [0.15, 0.2) is 10.6 Å². The van der Waals surface area contributed by atoms with E-state index in [-0.39, 0.29) is 5.91 Å². The van der Waals surface area contributed by atoms with Crippen molar-refractivity contribution < 1.29 is 9.32 Å². The molecule has 0 spiro atoms. The molecule has 1 saturated heterocycles. The first-order valence-electron chi connectivity index (χ1n) is 6.31. The SMILES string of the molecule is Cc1cc(CN2CCN(C(=O)CCN)CC2)no1. The summed E-state index contributed by atoms with van der Waals surface area (Å²) in [4.78, 5) is 15.8. The summed E-state index contributed by atoms with van der Waals surface area (Å²) in [6.45, 7) is 6.41. The van der Waals surface area contributed by atoms with Gasteiger partial charge in [0.25, 0.3) is 0 Å². The van der Waals surface area contributed by atoms with Gasteiger partial charge in [-0.15, -0.1) is 0 Å². The third kappa shape index (κ3) is 3.30. The molecule has 6 nitrogen and oxygen atoms in total. The average Bonchev–Trinajstić information content (AvgIpc) is 2.76. The molecule has 1 aliphatic rings. The molecule has 0 atom stereocenters. The summed E-state index contributed by atoms with van der Waals surface area (Å²) in [5.74, 6) is 0.996. The monoisotopic (exact) mass is 252 g/mol. The van der Waals surface area contributed by atoms with Gasteiger partial charge in [0.05, 0.1) is 5.69 Å². The number of nitrogens with zero attached hydrogens (tertiary/aromatic N) is 3. The van der Waals surface area contributed by atoms with Crippen molar-refractivity contribution in [2.45, 2.75) is 19.9 Å². The maximum atomic E-state index is 11.7. The molecule has 0 radical (unpaired) electrons. The van der Waals surface area contributed by atoms with E-state index in [0.717, 1.165) is 44.2 Å². The number of hydrogen-bond acceptors (Lipinski definition) is 5. The number of carbonyl (C=O) groups is 1. The summed E-state index contributed by atoms with van der Waals surface area (Å²) in [7, 11) is 0. The van der Waals surface area contributed by atoms with Gasteiger partial charge in [-0.05, 0) is 6.92 Å². The van der Waals surface area contributed by atoms with Crippen molar-refractivity contribution in [3.05, 3.63) is 17.5 Å². The van der Waals surface area contributed by atoms with Gasteiger partial charge in [-0.1, -0.05) is 5.16 Å². The van der Waals surface area contributed by atoms with Crippen molar-refractivity contribution in [2.75, 3.05) is 32.7 Å². The smallest absolute Gasteiger partial charge is 0.223 e. The molecular weight excluding hydrogens is 232 g/mol. The summed E-state index contributed by atoms with van der Waals surface area (Å²) in [5, 5.41) is 3.98. The number of aryl methyl sites for hydroxylation is 1. The Morgan fingerprint density at radius 2 is 2.17 bits per heavy atom. The first-order chi connectivity index (χ1) is 8.69. The Hall–Kier alpha value is -1.40. The largest absolute Gasteiger partial charge is 0.361 e. The number of nitrogens with two attached hydrogens (primary N) is 1. The standard InChI is InChI=1S/C12H20N4O2/c1-10-8-11(14-18-10)9-15-4-6-16(7-5-15)12(17)2-3-13/h8H,2-7,9,13H2,1H3. The highest BCUT2D eigenvalue weighted by molar-refractivity contribution is 5.76. The van der Waals surface area contributed by atoms with Gasteiger partial charge in [0.2, 0.25) is 5.91 Å². The van der Waals surface area contributed by atoms with Crippen LogP contribution in [0, 0.1) is 6.92 Å². The van der Waals surface area contributed by atoms with Gasteiger partial charge in [0, 0.05) is 51.8 Å². The Labute approximate surface area is 107 Å². The van der Waals surface area contributed by atoms with E-state index in [1.807, 2.05) is 17.9 Å². The number of carbonyl (C=O) groups excluding carboxylic acids is 1. The average molecular weight is 252 g/mol. The van der Waals surface area contributed by atoms with E-state index in [1.165, 1.54) is 0 Å². The lowest BCUT2D eigenvalue weighted by Crippen LogP contribution is -2.48. The molecule has 1 aliphatic heterocycles. The summed E-state index contributed by atoms with van der Waals surface area (Å²) in [5.41, 5.74) is 6.34. The summed E-state index contributed by atoms with van der Waals surface area (Å²) >= 11 is 0. The second-order valence-electron chi connectivity index (χ2n) is 4.62. The minimum absolute atomic E-state index is 0.162. The van der Waals surface area contributed by atoms with Crippen molar-refractivity contribution in [2.24, 2.45) is 5.73 Å². The zero-order valence-corrected chi connectivity index (χ0v) is 10.8. The molecule has 0 bridgehead atoms. The van der Waals surface area contributed by atoms with Gasteiger partial charge in [-0.25, -0.2) is 0 Å². The fraction of sp³-hybridized carbons (Fsp3) is 0.667. The van der Waals surface area contributed by atoms with Gasteiger partial charge in [-0.2, -0.15) is 0 Å². The highest BCUT2D eigenvalue weighted by Gasteiger charge is 2.21. The predicted molar refractivity (Wildman–Crippen MR) is 66.8 cm³/mol. The van der Waals surface area contributed by atoms with Crippen LogP contribution in [-0.4, -0.2) is 53.6 Å². The van der Waals surface area contributed by atoms with Gasteiger partial charge in [0.1, 0.15) is 5.76 Å². The first-order valence-corrected chi connectivity index (χ1v) is 6.31. The van der Waals surface area contributed by atoms with E-state index >= 15 is 0 Å². The van der Waals surface area contributed by atoms with Crippen LogP contribution in [0.5, 0.6) is 0 Å². The van der Waals surface area contributed by atoms with E-state index in [9.17, 15) is 4.79 Å². The quantitative estimate of drug-likeness (QED) is 0.815. The zero-order chi connectivity index (χ0) is 13.0. The lowest BCUT2D eigenvalue weighted by atomic mass is 10.2. The van der Waals surface area contributed by atoms with Crippen molar-refractivity contribution >= 4 is 5.91 Å². The molecule has 2 rings (SSSR count). The molecule has 6 heteroatoms. The molecule has 1 fully saturated rings. The molecule has 0 aliphatic carbocycles. The van der Waals surface area contributed by atoms with Crippen LogP contribution in [0.25, 0.3) is 0 Å². The maximum Gasteiger partial charge on any atom is 0.223 e. The van der Waals surface area contributed by atoms with Crippen molar-refractivity contribution in [3.8, 4) is 0 Å².